The van der Waals surface area contributed by atoms with Gasteiger partial charge in [0.05, 0.1) is 20.8 Å². The Labute approximate surface area is 171 Å². The highest BCUT2D eigenvalue weighted by atomic mass is 16.5. The van der Waals surface area contributed by atoms with E-state index in [1.807, 2.05) is 43.3 Å². The van der Waals surface area contributed by atoms with E-state index in [0.29, 0.717) is 17.9 Å². The Hall–Kier alpha value is -3.08. The molecule has 1 aliphatic rings. The van der Waals surface area contributed by atoms with E-state index < -0.39 is 11.9 Å². The zero-order valence-corrected chi connectivity index (χ0v) is 17.2. The summed E-state index contributed by atoms with van der Waals surface area (Å²) in [6.45, 7) is 3.99. The van der Waals surface area contributed by atoms with Crippen molar-refractivity contribution in [3.8, 4) is 11.5 Å². The normalized spacial score (nSPS) is 18.8. The summed E-state index contributed by atoms with van der Waals surface area (Å²) >= 11 is 0. The van der Waals surface area contributed by atoms with Crippen molar-refractivity contribution in [3.63, 3.8) is 0 Å². The molecule has 0 N–H and O–H groups in total. The number of aryl methyl sites for hydroxylation is 1. The second-order valence-electron chi connectivity index (χ2n) is 7.09. The first-order chi connectivity index (χ1) is 14.0. The molecule has 2 aromatic carbocycles. The minimum atomic E-state index is -0.873. The van der Waals surface area contributed by atoms with Gasteiger partial charge in [0.1, 0.15) is 5.92 Å². The predicted octanol–water partition coefficient (Wildman–Crippen LogP) is 4.33. The van der Waals surface area contributed by atoms with Crippen LogP contribution >= 0.6 is 0 Å². The zero-order valence-electron chi connectivity index (χ0n) is 17.2. The van der Waals surface area contributed by atoms with Gasteiger partial charge in [-0.15, -0.1) is 0 Å². The summed E-state index contributed by atoms with van der Waals surface area (Å²) in [5.74, 6) is -0.779. The maximum atomic E-state index is 13.0. The van der Waals surface area contributed by atoms with Crippen molar-refractivity contribution in [2.24, 2.45) is 5.92 Å². The fourth-order valence-corrected chi connectivity index (χ4v) is 3.75. The standard InChI is InChI=1S/C24H26O5/c1-5-29-24(26)23-19(17-10-11-21(27-3)22(14-17)28-4)12-18(13-20(23)25)16-8-6-15(2)7-9-16/h6-11,13-14,19,23H,5,12H2,1-4H3/t19-,23-/m1/s1. The van der Waals surface area contributed by atoms with Crippen LogP contribution in [0.5, 0.6) is 11.5 Å². The fraction of sp³-hybridized carbons (Fsp3) is 0.333. The minimum absolute atomic E-state index is 0.231. The van der Waals surface area contributed by atoms with Crippen LogP contribution in [0.3, 0.4) is 0 Å². The lowest BCUT2D eigenvalue weighted by molar-refractivity contribution is -0.151. The molecule has 5 nitrogen and oxygen atoms in total. The monoisotopic (exact) mass is 394 g/mol. The lowest BCUT2D eigenvalue weighted by Crippen LogP contribution is -2.34. The van der Waals surface area contributed by atoms with Gasteiger partial charge in [-0.1, -0.05) is 35.9 Å². The van der Waals surface area contributed by atoms with Crippen LogP contribution in [0.2, 0.25) is 0 Å². The molecule has 2 aromatic rings. The van der Waals surface area contributed by atoms with Crippen LogP contribution < -0.4 is 9.47 Å². The molecule has 2 atom stereocenters. The highest BCUT2D eigenvalue weighted by molar-refractivity contribution is 6.10. The molecule has 0 saturated carbocycles. The lowest BCUT2D eigenvalue weighted by Gasteiger charge is -2.30. The van der Waals surface area contributed by atoms with Crippen molar-refractivity contribution < 1.29 is 23.8 Å². The third-order valence-corrected chi connectivity index (χ3v) is 5.26. The number of rotatable bonds is 6. The Kier molecular flexibility index (Phi) is 6.37. The minimum Gasteiger partial charge on any atom is -0.493 e. The average molecular weight is 394 g/mol. The van der Waals surface area contributed by atoms with E-state index in [9.17, 15) is 9.59 Å². The Bertz CT molecular complexity index is 927. The molecule has 0 aliphatic heterocycles. The van der Waals surface area contributed by atoms with Gasteiger partial charge in [-0.2, -0.15) is 0 Å². The molecule has 1 aliphatic carbocycles. The van der Waals surface area contributed by atoms with Crippen LogP contribution in [-0.4, -0.2) is 32.6 Å². The Morgan fingerprint density at radius 3 is 2.34 bits per heavy atom. The molecule has 152 valence electrons. The van der Waals surface area contributed by atoms with Crippen LogP contribution in [0.1, 0.15) is 36.0 Å². The number of carbonyl (C=O) groups is 2. The van der Waals surface area contributed by atoms with Gasteiger partial charge in [-0.05, 0) is 55.2 Å². The number of benzene rings is 2. The lowest BCUT2D eigenvalue weighted by atomic mass is 9.73. The van der Waals surface area contributed by atoms with Crippen molar-refractivity contribution in [2.75, 3.05) is 20.8 Å². The van der Waals surface area contributed by atoms with Gasteiger partial charge in [0.15, 0.2) is 17.3 Å². The van der Waals surface area contributed by atoms with Crippen molar-refractivity contribution in [1.29, 1.82) is 0 Å². The van der Waals surface area contributed by atoms with Crippen LogP contribution in [-0.2, 0) is 14.3 Å². The molecule has 0 fully saturated rings. The van der Waals surface area contributed by atoms with Crippen LogP contribution in [0.15, 0.2) is 48.5 Å². The first-order valence-electron chi connectivity index (χ1n) is 9.68. The van der Waals surface area contributed by atoms with Gasteiger partial charge in [0, 0.05) is 5.92 Å². The molecular weight excluding hydrogens is 368 g/mol. The molecule has 0 amide bonds. The number of ether oxygens (including phenoxy) is 3. The van der Waals surface area contributed by atoms with Gasteiger partial charge in [-0.25, -0.2) is 0 Å². The molecule has 0 radical (unpaired) electrons. The van der Waals surface area contributed by atoms with E-state index in [2.05, 4.69) is 0 Å². The van der Waals surface area contributed by atoms with E-state index in [0.717, 1.165) is 22.3 Å². The number of hydrogen-bond acceptors (Lipinski definition) is 5. The predicted molar refractivity (Wildman–Crippen MR) is 111 cm³/mol. The fourth-order valence-electron chi connectivity index (χ4n) is 3.75. The molecule has 0 spiro atoms. The van der Waals surface area contributed by atoms with Crippen molar-refractivity contribution in [2.45, 2.75) is 26.2 Å². The third kappa shape index (κ3) is 4.34. The number of ketones is 1. The highest BCUT2D eigenvalue weighted by Crippen LogP contribution is 2.42. The average Bonchev–Trinajstić information content (AvgIpc) is 2.73. The largest absolute Gasteiger partial charge is 0.493 e. The molecule has 0 aromatic heterocycles. The summed E-state index contributed by atoms with van der Waals surface area (Å²) in [5.41, 5.74) is 3.89. The van der Waals surface area contributed by atoms with Crippen LogP contribution in [0.25, 0.3) is 5.57 Å². The molecule has 0 unspecified atom stereocenters. The Morgan fingerprint density at radius 1 is 1.03 bits per heavy atom. The first kappa shape index (κ1) is 20.6. The van der Waals surface area contributed by atoms with Gasteiger partial charge in [0.25, 0.3) is 0 Å². The van der Waals surface area contributed by atoms with E-state index in [1.54, 1.807) is 33.3 Å². The smallest absolute Gasteiger partial charge is 0.317 e. The first-order valence-corrected chi connectivity index (χ1v) is 9.68. The van der Waals surface area contributed by atoms with E-state index in [1.165, 1.54) is 0 Å². The molecular formula is C24H26O5. The summed E-state index contributed by atoms with van der Waals surface area (Å²) in [6.07, 6.45) is 2.14. The molecule has 29 heavy (non-hydrogen) atoms. The summed E-state index contributed by atoms with van der Waals surface area (Å²) in [5, 5.41) is 0. The second-order valence-corrected chi connectivity index (χ2v) is 7.09. The quantitative estimate of drug-likeness (QED) is 0.539. The van der Waals surface area contributed by atoms with Crippen LogP contribution in [0.4, 0.5) is 0 Å². The topological polar surface area (TPSA) is 61.8 Å². The number of carbonyl (C=O) groups excluding carboxylic acids is 2. The van der Waals surface area contributed by atoms with E-state index in [4.69, 9.17) is 14.2 Å². The van der Waals surface area contributed by atoms with Crippen LogP contribution in [0, 0.1) is 12.8 Å². The summed E-state index contributed by atoms with van der Waals surface area (Å²) in [6, 6.07) is 13.6. The summed E-state index contributed by atoms with van der Waals surface area (Å²) in [7, 11) is 3.13. The number of allylic oxidation sites excluding steroid dienone is 2. The van der Waals surface area contributed by atoms with Gasteiger partial charge < -0.3 is 14.2 Å². The number of esters is 1. The Morgan fingerprint density at radius 2 is 1.72 bits per heavy atom. The zero-order chi connectivity index (χ0) is 21.0. The van der Waals surface area contributed by atoms with Gasteiger partial charge >= 0.3 is 5.97 Å². The maximum absolute atomic E-state index is 13.0. The Balaban J connectivity index is 2.05. The van der Waals surface area contributed by atoms with Gasteiger partial charge in [-0.3, -0.25) is 9.59 Å². The van der Waals surface area contributed by atoms with E-state index >= 15 is 0 Å². The van der Waals surface area contributed by atoms with Crippen molar-refractivity contribution >= 4 is 17.3 Å². The summed E-state index contributed by atoms with van der Waals surface area (Å²) < 4.78 is 16.0. The molecule has 0 saturated heterocycles. The molecule has 3 rings (SSSR count). The SMILES string of the molecule is CCOC(=O)[C@H]1C(=O)C=C(c2ccc(C)cc2)C[C@@H]1c1ccc(OC)c(OC)c1. The van der Waals surface area contributed by atoms with E-state index in [-0.39, 0.29) is 18.3 Å². The molecule has 5 heteroatoms. The van der Waals surface area contributed by atoms with Gasteiger partial charge in [0.2, 0.25) is 0 Å². The second kappa shape index (κ2) is 8.95. The molecule has 0 bridgehead atoms. The van der Waals surface area contributed by atoms with Crippen molar-refractivity contribution in [1.82, 2.24) is 0 Å². The maximum Gasteiger partial charge on any atom is 0.317 e. The highest BCUT2D eigenvalue weighted by Gasteiger charge is 2.40. The summed E-state index contributed by atoms with van der Waals surface area (Å²) in [4.78, 5) is 25.6. The van der Waals surface area contributed by atoms with Crippen molar-refractivity contribution in [3.05, 3.63) is 65.2 Å². The number of hydrogen-bond donors (Lipinski definition) is 0. The number of methoxy groups -OCH3 is 2. The third-order valence-electron chi connectivity index (χ3n) is 5.26. The molecule has 0 heterocycles.